The van der Waals surface area contributed by atoms with Crippen molar-refractivity contribution in [3.8, 4) is 0 Å². The number of nitrogens with zero attached hydrogens (tertiary/aromatic N) is 1. The van der Waals surface area contributed by atoms with Gasteiger partial charge in [-0.15, -0.1) is 12.4 Å². The first-order valence-corrected chi connectivity index (χ1v) is 7.71. The van der Waals surface area contributed by atoms with Crippen LogP contribution in [-0.2, 0) is 4.79 Å². The Bertz CT molecular complexity index is 437. The Hall–Kier alpha value is -1.06. The third kappa shape index (κ3) is 3.58. The molecular weight excluding hydrogens is 284 g/mol. The van der Waals surface area contributed by atoms with Gasteiger partial charge in [0.25, 0.3) is 0 Å². The van der Waals surface area contributed by atoms with Crippen molar-refractivity contribution in [3.05, 3.63) is 35.9 Å². The van der Waals surface area contributed by atoms with E-state index in [1.54, 1.807) is 0 Å². The fourth-order valence-electron chi connectivity index (χ4n) is 3.21. The van der Waals surface area contributed by atoms with Crippen molar-refractivity contribution >= 4 is 18.3 Å². The summed E-state index contributed by atoms with van der Waals surface area (Å²) >= 11 is 0. The van der Waals surface area contributed by atoms with Crippen LogP contribution in [-0.4, -0.2) is 30.4 Å². The molecule has 1 aliphatic rings. The van der Waals surface area contributed by atoms with Crippen molar-refractivity contribution in [2.45, 2.75) is 39.0 Å². The van der Waals surface area contributed by atoms with E-state index >= 15 is 0 Å². The molecule has 3 nitrogen and oxygen atoms in total. The highest BCUT2D eigenvalue weighted by Crippen LogP contribution is 2.33. The summed E-state index contributed by atoms with van der Waals surface area (Å²) in [4.78, 5) is 14.8. The smallest absolute Gasteiger partial charge is 0.230 e. The summed E-state index contributed by atoms with van der Waals surface area (Å²) < 4.78 is 0. The van der Waals surface area contributed by atoms with Crippen LogP contribution >= 0.6 is 12.4 Å². The van der Waals surface area contributed by atoms with Crippen LogP contribution in [0.15, 0.2) is 30.3 Å². The number of carbonyl (C=O) groups is 1. The van der Waals surface area contributed by atoms with Crippen molar-refractivity contribution in [1.29, 1.82) is 0 Å². The Labute approximate surface area is 134 Å². The summed E-state index contributed by atoms with van der Waals surface area (Å²) in [6.45, 7) is 6.29. The second-order valence-electron chi connectivity index (χ2n) is 5.84. The molecule has 1 unspecified atom stereocenters. The van der Waals surface area contributed by atoms with Crippen LogP contribution in [0.2, 0.25) is 0 Å². The van der Waals surface area contributed by atoms with Crippen LogP contribution in [0.3, 0.4) is 0 Å². The van der Waals surface area contributed by atoms with Crippen LogP contribution in [0.4, 0.5) is 0 Å². The van der Waals surface area contributed by atoms with Gasteiger partial charge in [-0.1, -0.05) is 44.2 Å². The zero-order chi connectivity index (χ0) is 14.6. The number of benzene rings is 1. The van der Waals surface area contributed by atoms with Crippen LogP contribution in [0.1, 0.15) is 44.6 Å². The van der Waals surface area contributed by atoms with Crippen molar-refractivity contribution in [2.24, 2.45) is 11.1 Å². The second-order valence-corrected chi connectivity index (χ2v) is 5.84. The minimum absolute atomic E-state index is 0. The highest BCUT2D eigenvalue weighted by atomic mass is 35.5. The van der Waals surface area contributed by atoms with E-state index in [0.29, 0.717) is 12.5 Å². The molecule has 0 aliphatic carbocycles. The van der Waals surface area contributed by atoms with E-state index in [-0.39, 0.29) is 23.7 Å². The molecule has 2 N–H and O–H groups in total. The molecule has 1 amide bonds. The highest BCUT2D eigenvalue weighted by molar-refractivity contribution is 5.85. The Morgan fingerprint density at radius 2 is 1.90 bits per heavy atom. The Balaban J connectivity index is 0.00000220. The van der Waals surface area contributed by atoms with Crippen molar-refractivity contribution in [2.75, 3.05) is 19.6 Å². The number of likely N-dealkylation sites (tertiary alicyclic amines) is 1. The molecular formula is C17H27ClN2O. The molecule has 4 heteroatoms. The van der Waals surface area contributed by atoms with Crippen LogP contribution in [0.5, 0.6) is 0 Å². The van der Waals surface area contributed by atoms with Gasteiger partial charge < -0.3 is 10.6 Å². The predicted molar refractivity (Wildman–Crippen MR) is 89.7 cm³/mol. The normalized spacial score (nSPS) is 18.4. The molecule has 0 bridgehead atoms. The molecule has 1 aliphatic heterocycles. The molecule has 1 aromatic carbocycles. The summed E-state index contributed by atoms with van der Waals surface area (Å²) in [5.41, 5.74) is 6.88. The molecule has 21 heavy (non-hydrogen) atoms. The molecule has 0 radical (unpaired) electrons. The van der Waals surface area contributed by atoms with Gasteiger partial charge in [-0.25, -0.2) is 0 Å². The highest BCUT2D eigenvalue weighted by Gasteiger charge is 2.39. The molecule has 0 saturated carbocycles. The third-order valence-electron chi connectivity index (χ3n) is 4.94. The topological polar surface area (TPSA) is 46.3 Å². The van der Waals surface area contributed by atoms with Gasteiger partial charge in [0.1, 0.15) is 0 Å². The fraction of sp³-hybridized carbons (Fsp3) is 0.588. The van der Waals surface area contributed by atoms with Crippen molar-refractivity contribution in [3.63, 3.8) is 0 Å². The zero-order valence-electron chi connectivity index (χ0n) is 13.0. The van der Waals surface area contributed by atoms with Crippen molar-refractivity contribution in [1.82, 2.24) is 4.90 Å². The molecule has 1 aromatic rings. The van der Waals surface area contributed by atoms with Gasteiger partial charge in [0.05, 0.1) is 5.41 Å². The molecule has 1 saturated heterocycles. The van der Waals surface area contributed by atoms with Gasteiger partial charge in [-0.2, -0.15) is 0 Å². The number of hydrogen-bond acceptors (Lipinski definition) is 2. The van der Waals surface area contributed by atoms with Crippen molar-refractivity contribution < 1.29 is 4.79 Å². The van der Waals surface area contributed by atoms with Gasteiger partial charge in [0, 0.05) is 25.6 Å². The number of halogens is 1. The van der Waals surface area contributed by atoms with Gasteiger partial charge in [-0.3, -0.25) is 4.79 Å². The lowest BCUT2D eigenvalue weighted by atomic mass is 9.81. The van der Waals surface area contributed by atoms with Crippen LogP contribution < -0.4 is 5.73 Å². The molecule has 118 valence electrons. The lowest BCUT2D eigenvalue weighted by molar-refractivity contribution is -0.141. The van der Waals surface area contributed by atoms with E-state index in [9.17, 15) is 4.79 Å². The van der Waals surface area contributed by atoms with Gasteiger partial charge in [0.15, 0.2) is 0 Å². The van der Waals surface area contributed by atoms with Gasteiger partial charge in [-0.05, 0) is 24.8 Å². The quantitative estimate of drug-likeness (QED) is 0.908. The SMILES string of the molecule is CCC(CC)(CN)C(=O)N1CCC(c2ccccc2)C1.Cl. The molecule has 0 aromatic heterocycles. The maximum atomic E-state index is 12.8. The number of nitrogens with two attached hydrogens (primary N) is 1. The van der Waals surface area contributed by atoms with E-state index in [4.69, 9.17) is 5.73 Å². The number of amides is 1. The standard InChI is InChI=1S/C17H26N2O.ClH/c1-3-17(4-2,13-18)16(20)19-11-10-15(12-19)14-8-6-5-7-9-14;/h5-9,15H,3-4,10-13,18H2,1-2H3;1H. The molecule has 1 heterocycles. The Morgan fingerprint density at radius 1 is 1.29 bits per heavy atom. The Kier molecular flexibility index (Phi) is 6.69. The number of hydrogen-bond donors (Lipinski definition) is 1. The molecule has 2 rings (SSSR count). The summed E-state index contributed by atoms with van der Waals surface area (Å²) in [7, 11) is 0. The zero-order valence-corrected chi connectivity index (χ0v) is 13.9. The number of carbonyl (C=O) groups excluding carboxylic acids is 1. The van der Waals surface area contributed by atoms with E-state index < -0.39 is 0 Å². The largest absolute Gasteiger partial charge is 0.342 e. The van der Waals surface area contributed by atoms with Crippen LogP contribution in [0.25, 0.3) is 0 Å². The summed E-state index contributed by atoms with van der Waals surface area (Å²) in [5, 5.41) is 0. The summed E-state index contributed by atoms with van der Waals surface area (Å²) in [6.07, 6.45) is 2.71. The van der Waals surface area contributed by atoms with E-state index in [1.165, 1.54) is 5.56 Å². The Morgan fingerprint density at radius 3 is 2.43 bits per heavy atom. The van der Waals surface area contributed by atoms with E-state index in [2.05, 4.69) is 38.1 Å². The monoisotopic (exact) mass is 310 g/mol. The minimum atomic E-state index is -0.356. The minimum Gasteiger partial charge on any atom is -0.342 e. The first kappa shape index (κ1) is 18.0. The number of rotatable bonds is 5. The summed E-state index contributed by atoms with van der Waals surface area (Å²) in [6, 6.07) is 10.5. The summed E-state index contributed by atoms with van der Waals surface area (Å²) in [5.74, 6) is 0.729. The predicted octanol–water partition coefficient (Wildman–Crippen LogP) is 3.19. The fourth-order valence-corrected chi connectivity index (χ4v) is 3.21. The lowest BCUT2D eigenvalue weighted by Gasteiger charge is -2.33. The average Bonchev–Trinajstić information content (AvgIpc) is 3.00. The maximum absolute atomic E-state index is 12.8. The average molecular weight is 311 g/mol. The lowest BCUT2D eigenvalue weighted by Crippen LogP contribution is -2.46. The molecule has 1 fully saturated rings. The second kappa shape index (κ2) is 7.81. The third-order valence-corrected chi connectivity index (χ3v) is 4.94. The molecule has 0 spiro atoms. The van der Waals surface area contributed by atoms with Gasteiger partial charge in [0.2, 0.25) is 5.91 Å². The van der Waals surface area contributed by atoms with Crippen LogP contribution in [0, 0.1) is 5.41 Å². The first-order valence-electron chi connectivity index (χ1n) is 7.71. The van der Waals surface area contributed by atoms with E-state index in [0.717, 1.165) is 32.4 Å². The van der Waals surface area contributed by atoms with E-state index in [1.807, 2.05) is 11.0 Å². The molecule has 1 atom stereocenters. The first-order chi connectivity index (χ1) is 9.66. The maximum Gasteiger partial charge on any atom is 0.230 e. The van der Waals surface area contributed by atoms with Gasteiger partial charge >= 0.3 is 0 Å².